The summed E-state index contributed by atoms with van der Waals surface area (Å²) in [6.45, 7) is 3.08. The zero-order valence-electron chi connectivity index (χ0n) is 10.1. The topological polar surface area (TPSA) is 44.1 Å². The van der Waals surface area contributed by atoms with Gasteiger partial charge >= 0.3 is 5.97 Å². The number of hydrogen-bond donors (Lipinski definition) is 0. The van der Waals surface area contributed by atoms with Crippen LogP contribution in [0.1, 0.15) is 30.1 Å². The first kappa shape index (κ1) is 11.6. The number of ether oxygens (including phenoxy) is 1. The van der Waals surface area contributed by atoms with Crippen LogP contribution in [0.3, 0.4) is 0 Å². The number of esters is 1. The molecule has 1 aromatic carbocycles. The fourth-order valence-electron chi connectivity index (χ4n) is 1.81. The van der Waals surface area contributed by atoms with E-state index in [2.05, 4.69) is 16.5 Å². The smallest absolute Gasteiger partial charge is 0.337 e. The first-order valence-electron chi connectivity index (χ1n) is 5.79. The molecule has 4 heteroatoms. The third-order valence-electron chi connectivity index (χ3n) is 2.79. The van der Waals surface area contributed by atoms with Gasteiger partial charge in [0.15, 0.2) is 0 Å². The van der Waals surface area contributed by atoms with Gasteiger partial charge in [0.2, 0.25) is 0 Å². The summed E-state index contributed by atoms with van der Waals surface area (Å²) in [6.07, 6.45) is 4.06. The van der Waals surface area contributed by atoms with Crippen molar-refractivity contribution in [3.63, 3.8) is 0 Å². The van der Waals surface area contributed by atoms with E-state index in [-0.39, 0.29) is 5.97 Å². The van der Waals surface area contributed by atoms with Crippen LogP contribution < -0.4 is 0 Å². The number of aryl methyl sites for hydroxylation is 1. The fraction of sp³-hybridized carbons (Fsp3) is 0.385. The maximum Gasteiger partial charge on any atom is 0.337 e. The molecular formula is C13H16N2O2. The number of aromatic nitrogens is 2. The highest BCUT2D eigenvalue weighted by Crippen LogP contribution is 2.16. The molecule has 0 aliphatic rings. The standard InChI is InChI=1S/C13H16N2O2/c1-3-4-7-15-9-14-11-6-5-10(8-12(11)15)13(16)17-2/h5-6,8-9H,3-4,7H2,1-2H3. The van der Waals surface area contributed by atoms with Crippen molar-refractivity contribution in [3.8, 4) is 0 Å². The van der Waals surface area contributed by atoms with Crippen LogP contribution in [0.25, 0.3) is 11.0 Å². The Hall–Kier alpha value is -1.84. The number of hydrogen-bond acceptors (Lipinski definition) is 3. The van der Waals surface area contributed by atoms with Crippen LogP contribution >= 0.6 is 0 Å². The molecule has 0 atom stereocenters. The second kappa shape index (κ2) is 4.99. The lowest BCUT2D eigenvalue weighted by Gasteiger charge is -2.04. The van der Waals surface area contributed by atoms with E-state index in [0.29, 0.717) is 5.56 Å². The predicted octanol–water partition coefficient (Wildman–Crippen LogP) is 2.62. The highest BCUT2D eigenvalue weighted by atomic mass is 16.5. The van der Waals surface area contributed by atoms with Crippen LogP contribution in [0.5, 0.6) is 0 Å². The zero-order valence-corrected chi connectivity index (χ0v) is 10.1. The van der Waals surface area contributed by atoms with E-state index in [1.54, 1.807) is 6.07 Å². The van der Waals surface area contributed by atoms with Gasteiger partial charge in [0.25, 0.3) is 0 Å². The Bertz CT molecular complexity index is 531. The van der Waals surface area contributed by atoms with E-state index in [9.17, 15) is 4.79 Å². The van der Waals surface area contributed by atoms with Gasteiger partial charge in [0.05, 0.1) is 30.0 Å². The predicted molar refractivity (Wildman–Crippen MR) is 66.0 cm³/mol. The van der Waals surface area contributed by atoms with Crippen molar-refractivity contribution in [2.45, 2.75) is 26.3 Å². The Balaban J connectivity index is 2.39. The van der Waals surface area contributed by atoms with Crippen LogP contribution in [0.15, 0.2) is 24.5 Å². The van der Waals surface area contributed by atoms with E-state index in [1.165, 1.54) is 7.11 Å². The first-order valence-corrected chi connectivity index (χ1v) is 5.79. The molecule has 0 aliphatic carbocycles. The van der Waals surface area contributed by atoms with E-state index in [0.717, 1.165) is 30.4 Å². The maximum absolute atomic E-state index is 11.5. The maximum atomic E-state index is 11.5. The molecular weight excluding hydrogens is 216 g/mol. The molecule has 0 bridgehead atoms. The fourth-order valence-corrected chi connectivity index (χ4v) is 1.81. The first-order chi connectivity index (χ1) is 8.26. The molecule has 17 heavy (non-hydrogen) atoms. The molecule has 4 nitrogen and oxygen atoms in total. The van der Waals surface area contributed by atoms with Crippen molar-refractivity contribution in [3.05, 3.63) is 30.1 Å². The van der Waals surface area contributed by atoms with Gasteiger partial charge in [0.1, 0.15) is 0 Å². The quantitative estimate of drug-likeness (QED) is 0.761. The molecule has 0 radical (unpaired) electrons. The van der Waals surface area contributed by atoms with Crippen LogP contribution in [-0.2, 0) is 11.3 Å². The number of methoxy groups -OCH3 is 1. The summed E-state index contributed by atoms with van der Waals surface area (Å²) < 4.78 is 6.79. The number of carbonyl (C=O) groups is 1. The summed E-state index contributed by atoms with van der Waals surface area (Å²) in [4.78, 5) is 15.8. The lowest BCUT2D eigenvalue weighted by atomic mass is 10.2. The minimum absolute atomic E-state index is 0.310. The number of rotatable bonds is 4. The molecule has 0 unspecified atom stereocenters. The number of unbranched alkanes of at least 4 members (excludes halogenated alkanes) is 1. The normalized spacial score (nSPS) is 10.7. The van der Waals surface area contributed by atoms with Gasteiger partial charge < -0.3 is 9.30 Å². The average Bonchev–Trinajstić information content (AvgIpc) is 2.77. The van der Waals surface area contributed by atoms with Gasteiger partial charge in [-0.3, -0.25) is 0 Å². The molecule has 0 N–H and O–H groups in total. The SMILES string of the molecule is CCCCn1cnc2ccc(C(=O)OC)cc21. The monoisotopic (exact) mass is 232 g/mol. The van der Waals surface area contributed by atoms with Gasteiger partial charge in [-0.25, -0.2) is 9.78 Å². The van der Waals surface area contributed by atoms with E-state index < -0.39 is 0 Å². The molecule has 2 rings (SSSR count). The highest BCUT2D eigenvalue weighted by Gasteiger charge is 2.08. The number of benzene rings is 1. The molecule has 0 spiro atoms. The third kappa shape index (κ3) is 2.30. The van der Waals surface area contributed by atoms with Gasteiger partial charge in [-0.1, -0.05) is 13.3 Å². The van der Waals surface area contributed by atoms with E-state index >= 15 is 0 Å². The van der Waals surface area contributed by atoms with Gasteiger partial charge in [0, 0.05) is 6.54 Å². The Morgan fingerprint density at radius 2 is 2.29 bits per heavy atom. The van der Waals surface area contributed by atoms with Crippen molar-refractivity contribution in [1.82, 2.24) is 9.55 Å². The van der Waals surface area contributed by atoms with E-state index in [1.807, 2.05) is 18.5 Å². The largest absolute Gasteiger partial charge is 0.465 e. The summed E-state index contributed by atoms with van der Waals surface area (Å²) in [7, 11) is 1.39. The second-order valence-electron chi connectivity index (χ2n) is 3.99. The zero-order chi connectivity index (χ0) is 12.3. The highest BCUT2D eigenvalue weighted by molar-refractivity contribution is 5.93. The lowest BCUT2D eigenvalue weighted by Crippen LogP contribution is -2.02. The minimum Gasteiger partial charge on any atom is -0.465 e. The Kier molecular flexibility index (Phi) is 3.42. The van der Waals surface area contributed by atoms with Crippen molar-refractivity contribution in [2.24, 2.45) is 0 Å². The molecule has 0 aliphatic heterocycles. The molecule has 0 fully saturated rings. The van der Waals surface area contributed by atoms with Crippen molar-refractivity contribution >= 4 is 17.0 Å². The molecule has 0 saturated heterocycles. The Morgan fingerprint density at radius 1 is 1.47 bits per heavy atom. The number of carbonyl (C=O) groups excluding carboxylic acids is 1. The van der Waals surface area contributed by atoms with Gasteiger partial charge in [-0.2, -0.15) is 0 Å². The molecule has 90 valence electrons. The van der Waals surface area contributed by atoms with E-state index in [4.69, 9.17) is 4.74 Å². The molecule has 2 aromatic rings. The van der Waals surface area contributed by atoms with Crippen molar-refractivity contribution < 1.29 is 9.53 Å². The molecule has 1 aromatic heterocycles. The van der Waals surface area contributed by atoms with Gasteiger partial charge in [-0.05, 0) is 24.6 Å². The number of imidazole rings is 1. The average molecular weight is 232 g/mol. The van der Waals surface area contributed by atoms with Gasteiger partial charge in [-0.15, -0.1) is 0 Å². The van der Waals surface area contributed by atoms with Crippen molar-refractivity contribution in [2.75, 3.05) is 7.11 Å². The van der Waals surface area contributed by atoms with Crippen molar-refractivity contribution in [1.29, 1.82) is 0 Å². The minimum atomic E-state index is -0.310. The van der Waals surface area contributed by atoms with Crippen LogP contribution in [0.4, 0.5) is 0 Å². The molecule has 0 saturated carbocycles. The summed E-state index contributed by atoms with van der Waals surface area (Å²) >= 11 is 0. The number of nitrogens with zero attached hydrogens (tertiary/aromatic N) is 2. The summed E-state index contributed by atoms with van der Waals surface area (Å²) in [5.74, 6) is -0.310. The van der Waals surface area contributed by atoms with Crippen LogP contribution in [0.2, 0.25) is 0 Å². The lowest BCUT2D eigenvalue weighted by molar-refractivity contribution is 0.0601. The third-order valence-corrected chi connectivity index (χ3v) is 2.79. The molecule has 0 amide bonds. The second-order valence-corrected chi connectivity index (χ2v) is 3.99. The summed E-state index contributed by atoms with van der Waals surface area (Å²) in [5, 5.41) is 0. The van der Waals surface area contributed by atoms with Crippen LogP contribution in [0, 0.1) is 0 Å². The molecule has 1 heterocycles. The Labute approximate surface area is 100 Å². The summed E-state index contributed by atoms with van der Waals surface area (Å²) in [6, 6.07) is 5.43. The Morgan fingerprint density at radius 3 is 3.00 bits per heavy atom. The van der Waals surface area contributed by atoms with Crippen LogP contribution in [-0.4, -0.2) is 22.6 Å². The number of fused-ring (bicyclic) bond motifs is 1. The summed E-state index contributed by atoms with van der Waals surface area (Å²) in [5.41, 5.74) is 2.47.